The average molecular weight is 294 g/mol. The Labute approximate surface area is 126 Å². The molecule has 2 heterocycles. The van der Waals surface area contributed by atoms with Crippen LogP contribution in [0.2, 0.25) is 0 Å². The highest BCUT2D eigenvalue weighted by Gasteiger charge is 2.42. The van der Waals surface area contributed by atoms with Crippen LogP contribution < -0.4 is 5.32 Å². The monoisotopic (exact) mass is 294 g/mol. The van der Waals surface area contributed by atoms with Crippen LogP contribution >= 0.6 is 11.8 Å². The number of aryl methyl sites for hydroxylation is 1. The van der Waals surface area contributed by atoms with E-state index < -0.39 is 0 Å². The number of hydrogen-bond donors (Lipinski definition) is 1. The quantitative estimate of drug-likeness (QED) is 0.931. The van der Waals surface area contributed by atoms with Crippen LogP contribution in [0.15, 0.2) is 5.16 Å². The van der Waals surface area contributed by atoms with Crippen LogP contribution in [0, 0.1) is 5.41 Å². The summed E-state index contributed by atoms with van der Waals surface area (Å²) in [5.74, 6) is 1.20. The molecule has 5 heteroatoms. The zero-order chi connectivity index (χ0) is 14.2. The number of aromatic nitrogens is 3. The Kier molecular flexibility index (Phi) is 4.09. The van der Waals surface area contributed by atoms with Gasteiger partial charge in [0.05, 0.1) is 0 Å². The van der Waals surface area contributed by atoms with Gasteiger partial charge in [-0.15, -0.1) is 10.2 Å². The Hall–Kier alpha value is -0.550. The van der Waals surface area contributed by atoms with E-state index in [1.165, 1.54) is 37.9 Å². The van der Waals surface area contributed by atoms with Crippen LogP contribution in [0.5, 0.6) is 0 Å². The molecule has 2 atom stereocenters. The second kappa shape index (κ2) is 5.68. The molecule has 0 bridgehead atoms. The van der Waals surface area contributed by atoms with Crippen molar-refractivity contribution in [2.24, 2.45) is 5.41 Å². The normalized spacial score (nSPS) is 29.1. The van der Waals surface area contributed by atoms with Gasteiger partial charge in [0, 0.05) is 24.3 Å². The van der Waals surface area contributed by atoms with Gasteiger partial charge in [-0.1, -0.05) is 32.0 Å². The van der Waals surface area contributed by atoms with Crippen LogP contribution in [-0.2, 0) is 13.0 Å². The summed E-state index contributed by atoms with van der Waals surface area (Å²) in [5, 5.41) is 14.2. The van der Waals surface area contributed by atoms with Crippen molar-refractivity contribution in [1.29, 1.82) is 0 Å². The molecule has 2 aliphatic rings. The van der Waals surface area contributed by atoms with E-state index in [0.29, 0.717) is 16.7 Å². The lowest BCUT2D eigenvalue weighted by molar-refractivity contribution is 0.300. The van der Waals surface area contributed by atoms with E-state index in [4.69, 9.17) is 0 Å². The molecule has 2 unspecified atom stereocenters. The minimum absolute atomic E-state index is 0.383. The smallest absolute Gasteiger partial charge is 0.191 e. The molecule has 0 saturated heterocycles. The second-order valence-corrected chi connectivity index (χ2v) is 8.02. The third-order valence-electron chi connectivity index (χ3n) is 4.93. The lowest BCUT2D eigenvalue weighted by Gasteiger charge is -2.29. The van der Waals surface area contributed by atoms with E-state index in [0.717, 1.165) is 18.1 Å². The van der Waals surface area contributed by atoms with Gasteiger partial charge in [-0.3, -0.25) is 0 Å². The first-order valence-electron chi connectivity index (χ1n) is 7.88. The second-order valence-electron chi connectivity index (χ2n) is 6.81. The topological polar surface area (TPSA) is 42.7 Å². The molecule has 1 fully saturated rings. The molecule has 1 aliphatic heterocycles. The molecule has 1 aromatic heterocycles. The lowest BCUT2D eigenvalue weighted by Crippen LogP contribution is -2.41. The predicted molar refractivity (Wildman–Crippen MR) is 83.1 cm³/mol. The molecular weight excluding hydrogens is 268 g/mol. The zero-order valence-corrected chi connectivity index (χ0v) is 13.7. The van der Waals surface area contributed by atoms with Crippen molar-refractivity contribution in [2.75, 3.05) is 7.05 Å². The molecular formula is C15H26N4S. The van der Waals surface area contributed by atoms with Crippen molar-refractivity contribution in [3.8, 4) is 0 Å². The Morgan fingerprint density at radius 2 is 2.10 bits per heavy atom. The Morgan fingerprint density at radius 3 is 2.90 bits per heavy atom. The molecule has 112 valence electrons. The van der Waals surface area contributed by atoms with Gasteiger partial charge in [0.2, 0.25) is 0 Å². The minimum Gasteiger partial charge on any atom is -0.315 e. The fourth-order valence-electron chi connectivity index (χ4n) is 3.72. The summed E-state index contributed by atoms with van der Waals surface area (Å²) in [6, 6.07) is 0.561. The maximum absolute atomic E-state index is 4.47. The molecule has 0 radical (unpaired) electrons. The molecule has 4 nitrogen and oxygen atoms in total. The molecule has 3 rings (SSSR count). The molecule has 20 heavy (non-hydrogen) atoms. The van der Waals surface area contributed by atoms with Crippen molar-refractivity contribution < 1.29 is 0 Å². The van der Waals surface area contributed by atoms with Crippen molar-refractivity contribution in [3.05, 3.63) is 5.82 Å². The SMILES string of the molecule is CNC1C(Sc2nnc3n2CCCCC3)CCC1(C)C. The Morgan fingerprint density at radius 1 is 1.25 bits per heavy atom. The van der Waals surface area contributed by atoms with Crippen molar-refractivity contribution >= 4 is 11.8 Å². The number of thioether (sulfide) groups is 1. The zero-order valence-electron chi connectivity index (χ0n) is 12.9. The van der Waals surface area contributed by atoms with Gasteiger partial charge in [0.1, 0.15) is 5.82 Å². The first-order chi connectivity index (χ1) is 9.62. The molecule has 1 aromatic rings. The third kappa shape index (κ3) is 2.62. The van der Waals surface area contributed by atoms with Crippen LogP contribution in [0.3, 0.4) is 0 Å². The number of rotatable bonds is 3. The fourth-order valence-corrected chi connectivity index (χ4v) is 5.28. The molecule has 0 amide bonds. The van der Waals surface area contributed by atoms with Crippen molar-refractivity contribution in [2.45, 2.75) is 75.4 Å². The standard InChI is InChI=1S/C15H26N4S/c1-15(2)9-8-11(13(15)16-3)20-14-18-17-12-7-5-4-6-10-19(12)14/h11,13,16H,4-10H2,1-3H3. The predicted octanol–water partition coefficient (Wildman–Crippen LogP) is 2.87. The molecule has 1 saturated carbocycles. The van der Waals surface area contributed by atoms with E-state index in [2.05, 4.69) is 41.0 Å². The largest absolute Gasteiger partial charge is 0.315 e. The van der Waals surface area contributed by atoms with Gasteiger partial charge in [0.25, 0.3) is 0 Å². The summed E-state index contributed by atoms with van der Waals surface area (Å²) in [4.78, 5) is 0. The highest BCUT2D eigenvalue weighted by Crippen LogP contribution is 2.44. The first kappa shape index (κ1) is 14.4. The van der Waals surface area contributed by atoms with E-state index in [-0.39, 0.29) is 0 Å². The number of nitrogens with zero attached hydrogens (tertiary/aromatic N) is 3. The minimum atomic E-state index is 0.383. The van der Waals surface area contributed by atoms with Crippen LogP contribution in [-0.4, -0.2) is 33.1 Å². The highest BCUT2D eigenvalue weighted by atomic mass is 32.2. The van der Waals surface area contributed by atoms with Gasteiger partial charge in [-0.2, -0.15) is 0 Å². The Bertz CT molecular complexity index is 468. The van der Waals surface area contributed by atoms with Gasteiger partial charge >= 0.3 is 0 Å². The summed E-state index contributed by atoms with van der Waals surface area (Å²) in [6.45, 7) is 5.85. The molecule has 1 N–H and O–H groups in total. The molecule has 0 aromatic carbocycles. The van der Waals surface area contributed by atoms with E-state index in [1.807, 2.05) is 11.8 Å². The molecule has 1 aliphatic carbocycles. The van der Waals surface area contributed by atoms with Gasteiger partial charge in [0.15, 0.2) is 5.16 Å². The van der Waals surface area contributed by atoms with Crippen LogP contribution in [0.4, 0.5) is 0 Å². The first-order valence-corrected chi connectivity index (χ1v) is 8.76. The average Bonchev–Trinajstić information content (AvgIpc) is 2.81. The van der Waals surface area contributed by atoms with E-state index in [9.17, 15) is 0 Å². The number of nitrogens with one attached hydrogen (secondary N) is 1. The van der Waals surface area contributed by atoms with Gasteiger partial charge < -0.3 is 9.88 Å². The maximum atomic E-state index is 4.47. The third-order valence-corrected chi connectivity index (χ3v) is 6.25. The number of hydrogen-bond acceptors (Lipinski definition) is 4. The van der Waals surface area contributed by atoms with E-state index in [1.54, 1.807) is 0 Å². The summed E-state index contributed by atoms with van der Waals surface area (Å²) in [7, 11) is 2.09. The van der Waals surface area contributed by atoms with Gasteiger partial charge in [-0.05, 0) is 38.1 Å². The summed E-state index contributed by atoms with van der Waals surface area (Å²) >= 11 is 1.94. The van der Waals surface area contributed by atoms with Crippen LogP contribution in [0.25, 0.3) is 0 Å². The van der Waals surface area contributed by atoms with Crippen LogP contribution in [0.1, 0.15) is 51.8 Å². The maximum Gasteiger partial charge on any atom is 0.191 e. The number of fused-ring (bicyclic) bond motifs is 1. The Balaban J connectivity index is 1.77. The lowest BCUT2D eigenvalue weighted by atomic mass is 9.87. The summed E-state index contributed by atoms with van der Waals surface area (Å²) < 4.78 is 2.37. The van der Waals surface area contributed by atoms with Crippen molar-refractivity contribution in [3.63, 3.8) is 0 Å². The van der Waals surface area contributed by atoms with E-state index >= 15 is 0 Å². The summed E-state index contributed by atoms with van der Waals surface area (Å²) in [6.07, 6.45) is 7.51. The summed E-state index contributed by atoms with van der Waals surface area (Å²) in [5.41, 5.74) is 0.383. The highest BCUT2D eigenvalue weighted by molar-refractivity contribution is 7.99. The molecule has 0 spiro atoms. The fraction of sp³-hybridized carbons (Fsp3) is 0.867. The van der Waals surface area contributed by atoms with Crippen molar-refractivity contribution in [1.82, 2.24) is 20.1 Å². The van der Waals surface area contributed by atoms with Gasteiger partial charge in [-0.25, -0.2) is 0 Å².